The highest BCUT2D eigenvalue weighted by Gasteiger charge is 2.16. The van der Waals surface area contributed by atoms with E-state index in [1.165, 1.54) is 19.3 Å². The minimum absolute atomic E-state index is 0.193. The van der Waals surface area contributed by atoms with Gasteiger partial charge in [-0.05, 0) is 39.0 Å². The molecule has 112 valence electrons. The van der Waals surface area contributed by atoms with Crippen LogP contribution in [0.15, 0.2) is 0 Å². The number of hydrogen-bond donors (Lipinski definition) is 3. The zero-order chi connectivity index (χ0) is 14.4. The van der Waals surface area contributed by atoms with Gasteiger partial charge < -0.3 is 21.1 Å². The van der Waals surface area contributed by atoms with Gasteiger partial charge in [0.2, 0.25) is 17.8 Å². The maximum Gasteiger partial charge on any atom is 0.231 e. The molecule has 7 heteroatoms. The van der Waals surface area contributed by atoms with E-state index in [1.54, 1.807) is 0 Å². The van der Waals surface area contributed by atoms with Gasteiger partial charge in [-0.15, -0.1) is 0 Å². The summed E-state index contributed by atoms with van der Waals surface area (Å²) in [7, 11) is 0. The van der Waals surface area contributed by atoms with Crippen molar-refractivity contribution in [3.63, 3.8) is 0 Å². The first kappa shape index (κ1) is 14.8. The lowest BCUT2D eigenvalue weighted by atomic mass is 10.1. The van der Waals surface area contributed by atoms with Crippen molar-refractivity contribution < 1.29 is 5.11 Å². The number of piperidine rings is 1. The Morgan fingerprint density at radius 1 is 1.25 bits per heavy atom. The quantitative estimate of drug-likeness (QED) is 0.715. The van der Waals surface area contributed by atoms with Crippen molar-refractivity contribution in [2.24, 2.45) is 0 Å². The molecule has 1 aliphatic rings. The summed E-state index contributed by atoms with van der Waals surface area (Å²) in [5, 5.41) is 12.1. The van der Waals surface area contributed by atoms with Crippen LogP contribution in [-0.2, 0) is 0 Å². The third-order valence-electron chi connectivity index (χ3n) is 3.45. The van der Waals surface area contributed by atoms with E-state index in [-0.39, 0.29) is 18.6 Å². The molecule has 0 amide bonds. The number of nitrogens with two attached hydrogens (primary N) is 1. The van der Waals surface area contributed by atoms with E-state index >= 15 is 0 Å². The maximum atomic E-state index is 8.84. The van der Waals surface area contributed by atoms with Crippen LogP contribution in [0.3, 0.4) is 0 Å². The molecule has 1 aromatic rings. The SMILES string of the molecule is CC(CCCO)Nc1nc(N)nc(N2CCCCC2)n1. The van der Waals surface area contributed by atoms with Crippen LogP contribution >= 0.6 is 0 Å². The average molecular weight is 280 g/mol. The summed E-state index contributed by atoms with van der Waals surface area (Å²) in [6, 6.07) is 0.193. The summed E-state index contributed by atoms with van der Waals surface area (Å²) in [4.78, 5) is 15.0. The molecule has 1 saturated heterocycles. The molecular weight excluding hydrogens is 256 g/mol. The molecule has 4 N–H and O–H groups in total. The highest BCUT2D eigenvalue weighted by atomic mass is 16.2. The standard InChI is InChI=1S/C13H24N6O/c1-10(6-5-9-20)15-12-16-11(14)17-13(18-12)19-7-3-2-4-8-19/h10,20H,2-9H2,1H3,(H3,14,15,16,17,18). The molecule has 0 radical (unpaired) electrons. The van der Waals surface area contributed by atoms with Crippen LogP contribution in [-0.4, -0.2) is 45.8 Å². The van der Waals surface area contributed by atoms with Crippen molar-refractivity contribution in [3.05, 3.63) is 0 Å². The zero-order valence-electron chi connectivity index (χ0n) is 12.0. The third-order valence-corrected chi connectivity index (χ3v) is 3.45. The summed E-state index contributed by atoms with van der Waals surface area (Å²) >= 11 is 0. The number of rotatable bonds is 6. The molecule has 0 bridgehead atoms. The van der Waals surface area contributed by atoms with Crippen LogP contribution in [0.2, 0.25) is 0 Å². The molecule has 20 heavy (non-hydrogen) atoms. The van der Waals surface area contributed by atoms with Crippen molar-refractivity contribution in [3.8, 4) is 0 Å². The first-order chi connectivity index (χ1) is 9.69. The van der Waals surface area contributed by atoms with Gasteiger partial charge in [0.1, 0.15) is 0 Å². The van der Waals surface area contributed by atoms with E-state index in [0.29, 0.717) is 11.9 Å². The van der Waals surface area contributed by atoms with Crippen molar-refractivity contribution in [2.45, 2.75) is 45.1 Å². The second-order valence-corrected chi connectivity index (χ2v) is 5.28. The molecule has 1 fully saturated rings. The molecular formula is C13H24N6O. The lowest BCUT2D eigenvalue weighted by Crippen LogP contribution is -2.31. The lowest BCUT2D eigenvalue weighted by Gasteiger charge is -2.27. The van der Waals surface area contributed by atoms with E-state index in [9.17, 15) is 0 Å². The van der Waals surface area contributed by atoms with Crippen molar-refractivity contribution in [1.29, 1.82) is 0 Å². The fourth-order valence-electron chi connectivity index (χ4n) is 2.37. The van der Waals surface area contributed by atoms with Gasteiger partial charge in [-0.3, -0.25) is 0 Å². The summed E-state index contributed by atoms with van der Waals surface area (Å²) in [6.07, 6.45) is 5.22. The third kappa shape index (κ3) is 4.19. The maximum absolute atomic E-state index is 8.84. The molecule has 1 aromatic heterocycles. The highest BCUT2D eigenvalue weighted by molar-refractivity contribution is 5.42. The van der Waals surface area contributed by atoms with E-state index in [1.807, 2.05) is 6.92 Å². The molecule has 2 heterocycles. The van der Waals surface area contributed by atoms with E-state index in [2.05, 4.69) is 25.2 Å². The van der Waals surface area contributed by atoms with Gasteiger partial charge in [0.15, 0.2) is 0 Å². The molecule has 1 aliphatic heterocycles. The van der Waals surface area contributed by atoms with Crippen LogP contribution in [0.1, 0.15) is 39.0 Å². The smallest absolute Gasteiger partial charge is 0.231 e. The monoisotopic (exact) mass is 280 g/mol. The Labute approximate surface area is 119 Å². The summed E-state index contributed by atoms with van der Waals surface area (Å²) in [6.45, 7) is 4.19. The summed E-state index contributed by atoms with van der Waals surface area (Å²) < 4.78 is 0. The van der Waals surface area contributed by atoms with Gasteiger partial charge in [-0.1, -0.05) is 0 Å². The number of nitrogens with zero attached hydrogens (tertiary/aromatic N) is 4. The fourth-order valence-corrected chi connectivity index (χ4v) is 2.37. The normalized spacial score (nSPS) is 17.0. The fraction of sp³-hybridized carbons (Fsp3) is 0.769. The molecule has 1 unspecified atom stereocenters. The predicted octanol–water partition coefficient (Wildman–Crippen LogP) is 1.02. The number of hydrogen-bond acceptors (Lipinski definition) is 7. The Morgan fingerprint density at radius 3 is 2.70 bits per heavy atom. The predicted molar refractivity (Wildman–Crippen MR) is 79.7 cm³/mol. The largest absolute Gasteiger partial charge is 0.396 e. The van der Waals surface area contributed by atoms with E-state index < -0.39 is 0 Å². The molecule has 2 rings (SSSR count). The average Bonchev–Trinajstić information content (AvgIpc) is 2.45. The van der Waals surface area contributed by atoms with Crippen LogP contribution in [0.4, 0.5) is 17.8 Å². The Morgan fingerprint density at radius 2 is 2.00 bits per heavy atom. The molecule has 0 saturated carbocycles. The van der Waals surface area contributed by atoms with Crippen LogP contribution in [0.5, 0.6) is 0 Å². The number of aromatic nitrogens is 3. The van der Waals surface area contributed by atoms with Gasteiger partial charge in [-0.25, -0.2) is 0 Å². The molecule has 0 spiro atoms. The van der Waals surface area contributed by atoms with Crippen LogP contribution in [0, 0.1) is 0 Å². The van der Waals surface area contributed by atoms with Crippen LogP contribution < -0.4 is 16.0 Å². The summed E-state index contributed by atoms with van der Waals surface area (Å²) in [5.74, 6) is 1.43. The van der Waals surface area contributed by atoms with E-state index in [4.69, 9.17) is 10.8 Å². The van der Waals surface area contributed by atoms with Gasteiger partial charge in [0, 0.05) is 25.7 Å². The minimum Gasteiger partial charge on any atom is -0.396 e. The minimum atomic E-state index is 0.193. The Kier molecular flexibility index (Phi) is 5.34. The number of nitrogen functional groups attached to an aromatic ring is 1. The Bertz CT molecular complexity index is 421. The first-order valence-electron chi connectivity index (χ1n) is 7.33. The van der Waals surface area contributed by atoms with Crippen molar-refractivity contribution >= 4 is 17.8 Å². The lowest BCUT2D eigenvalue weighted by molar-refractivity contribution is 0.282. The topological polar surface area (TPSA) is 100 Å². The Hall–Kier alpha value is -1.63. The second-order valence-electron chi connectivity index (χ2n) is 5.28. The summed E-state index contributed by atoms with van der Waals surface area (Å²) in [5.41, 5.74) is 5.77. The molecule has 1 atom stereocenters. The van der Waals surface area contributed by atoms with Crippen LogP contribution in [0.25, 0.3) is 0 Å². The molecule has 7 nitrogen and oxygen atoms in total. The Balaban J connectivity index is 2.03. The van der Waals surface area contributed by atoms with Gasteiger partial charge in [0.25, 0.3) is 0 Å². The number of nitrogens with one attached hydrogen (secondary N) is 1. The van der Waals surface area contributed by atoms with E-state index in [0.717, 1.165) is 25.9 Å². The molecule has 0 aromatic carbocycles. The van der Waals surface area contributed by atoms with Gasteiger partial charge in [-0.2, -0.15) is 15.0 Å². The van der Waals surface area contributed by atoms with Crippen molar-refractivity contribution in [2.75, 3.05) is 35.6 Å². The van der Waals surface area contributed by atoms with Crippen molar-refractivity contribution in [1.82, 2.24) is 15.0 Å². The first-order valence-corrected chi connectivity index (χ1v) is 7.33. The zero-order valence-corrected chi connectivity index (χ0v) is 12.0. The van der Waals surface area contributed by atoms with Gasteiger partial charge in [0.05, 0.1) is 0 Å². The number of aliphatic hydroxyl groups excluding tert-OH is 1. The number of anilines is 3. The second kappa shape index (κ2) is 7.23. The number of aliphatic hydroxyl groups is 1. The van der Waals surface area contributed by atoms with Gasteiger partial charge >= 0.3 is 0 Å². The highest BCUT2D eigenvalue weighted by Crippen LogP contribution is 2.18. The molecule has 0 aliphatic carbocycles.